The number of rotatable bonds is 19. The third-order valence-corrected chi connectivity index (χ3v) is 13.1. The summed E-state index contributed by atoms with van der Waals surface area (Å²) in [6.07, 6.45) is -1.37. The molecule has 3 aliphatic rings. The van der Waals surface area contributed by atoms with E-state index < -0.39 is 53.3 Å². The molecule has 0 spiro atoms. The van der Waals surface area contributed by atoms with Gasteiger partial charge in [0.25, 0.3) is 5.91 Å². The van der Waals surface area contributed by atoms with Gasteiger partial charge in [0, 0.05) is 50.1 Å². The van der Waals surface area contributed by atoms with Gasteiger partial charge in [0.1, 0.15) is 29.6 Å². The number of thiazole rings is 1. The molecule has 2 aliphatic carbocycles. The number of hydrogen-bond donors (Lipinski definition) is 3. The summed E-state index contributed by atoms with van der Waals surface area (Å²) in [5, 5.41) is 18.2. The number of nitrogens with zero attached hydrogens (tertiary/aromatic N) is 3. The van der Waals surface area contributed by atoms with Gasteiger partial charge in [-0.25, -0.2) is 4.98 Å². The summed E-state index contributed by atoms with van der Waals surface area (Å²) in [6, 6.07) is 1.69. The van der Waals surface area contributed by atoms with Crippen molar-refractivity contribution in [3.63, 3.8) is 0 Å². The molecule has 4 unspecified atom stereocenters. The number of carbonyl (C=O) groups is 4. The molecule has 17 heteroatoms. The average molecular weight is 838 g/mol. The molecule has 3 N–H and O–H groups in total. The maximum Gasteiger partial charge on any atom is 0.416 e. The van der Waals surface area contributed by atoms with Crippen molar-refractivity contribution >= 4 is 35.0 Å². The minimum atomic E-state index is -4.62. The van der Waals surface area contributed by atoms with Gasteiger partial charge in [-0.1, -0.05) is 46.6 Å². The highest BCUT2D eigenvalue weighted by atomic mass is 32.1. The number of piperidine rings is 1. The highest BCUT2D eigenvalue weighted by molar-refractivity contribution is 7.09. The Labute approximate surface area is 342 Å². The van der Waals surface area contributed by atoms with Crippen LogP contribution in [0.15, 0.2) is 23.6 Å². The van der Waals surface area contributed by atoms with Gasteiger partial charge in [0.15, 0.2) is 0 Å². The number of benzene rings is 1. The molecule has 0 radical (unpaired) electrons. The molecule has 1 aromatic heterocycles. The molecular formula is C41H58F3N5O8S. The Morgan fingerprint density at radius 3 is 2.47 bits per heavy atom. The molecule has 2 aromatic rings. The van der Waals surface area contributed by atoms with E-state index >= 15 is 0 Å². The zero-order valence-corrected chi connectivity index (χ0v) is 35.2. The smallest absolute Gasteiger partial charge is 0.416 e. The fourth-order valence-corrected chi connectivity index (χ4v) is 9.40. The monoisotopic (exact) mass is 837 g/mol. The summed E-state index contributed by atoms with van der Waals surface area (Å²) in [5.74, 6) is -3.98. The second-order valence-electron chi connectivity index (χ2n) is 16.4. The number of fused-ring (bicyclic) bond motifs is 3. The van der Waals surface area contributed by atoms with Crippen molar-refractivity contribution in [1.29, 1.82) is 0 Å². The summed E-state index contributed by atoms with van der Waals surface area (Å²) in [6.45, 7) is 9.18. The van der Waals surface area contributed by atoms with Crippen LogP contribution in [0.4, 0.5) is 13.2 Å². The number of methoxy groups -OCH3 is 2. The lowest BCUT2D eigenvalue weighted by Crippen LogP contribution is -2.59. The van der Waals surface area contributed by atoms with Gasteiger partial charge in [0.05, 0.1) is 24.1 Å². The van der Waals surface area contributed by atoms with E-state index in [1.807, 2.05) is 39.6 Å². The first kappa shape index (κ1) is 45.4. The molecule has 2 heterocycles. The lowest BCUT2D eigenvalue weighted by molar-refractivity contribution is -0.144. The number of alkyl halides is 3. The topological polar surface area (TPSA) is 160 Å². The molecule has 1 aromatic carbocycles. The van der Waals surface area contributed by atoms with E-state index in [2.05, 4.69) is 15.6 Å². The van der Waals surface area contributed by atoms with Crippen LogP contribution in [0.2, 0.25) is 0 Å². The lowest BCUT2D eigenvalue weighted by atomic mass is 9.79. The third-order valence-electron chi connectivity index (χ3n) is 12.2. The number of carboxylic acids is 1. The fourth-order valence-electron chi connectivity index (χ4n) is 8.54. The Morgan fingerprint density at radius 2 is 1.84 bits per heavy atom. The highest BCUT2D eigenvalue weighted by Gasteiger charge is 2.61. The minimum absolute atomic E-state index is 0.0551. The van der Waals surface area contributed by atoms with Crippen LogP contribution in [0.5, 0.6) is 0 Å². The molecule has 1 saturated carbocycles. The number of likely N-dealkylation sites (N-methyl/N-ethyl adjacent to an activating group) is 1. The largest absolute Gasteiger partial charge is 0.481 e. The molecule has 3 amide bonds. The molecule has 13 nitrogen and oxygen atoms in total. The zero-order valence-electron chi connectivity index (χ0n) is 34.4. The first-order valence-corrected chi connectivity index (χ1v) is 21.0. The molecule has 2 fully saturated rings. The first-order valence-electron chi connectivity index (χ1n) is 20.1. The van der Waals surface area contributed by atoms with E-state index in [1.165, 1.54) is 24.5 Å². The van der Waals surface area contributed by atoms with Gasteiger partial charge >= 0.3 is 12.1 Å². The summed E-state index contributed by atoms with van der Waals surface area (Å²) in [7, 11) is 4.98. The molecule has 58 heavy (non-hydrogen) atoms. The Bertz CT molecular complexity index is 1780. The van der Waals surface area contributed by atoms with Gasteiger partial charge in [-0.2, -0.15) is 13.2 Å². The van der Waals surface area contributed by atoms with Crippen molar-refractivity contribution in [2.24, 2.45) is 11.8 Å². The summed E-state index contributed by atoms with van der Waals surface area (Å²) >= 11 is 1.20. The van der Waals surface area contributed by atoms with Crippen molar-refractivity contribution in [3.05, 3.63) is 51.0 Å². The van der Waals surface area contributed by atoms with E-state index in [-0.39, 0.29) is 79.7 Å². The van der Waals surface area contributed by atoms with Crippen LogP contribution >= 0.6 is 11.3 Å². The number of aromatic nitrogens is 1. The summed E-state index contributed by atoms with van der Waals surface area (Å²) in [4.78, 5) is 62.9. The number of hydrogen-bond acceptors (Lipinski definition) is 10. The zero-order chi connectivity index (χ0) is 42.5. The van der Waals surface area contributed by atoms with Crippen LogP contribution in [-0.2, 0) is 34.8 Å². The van der Waals surface area contributed by atoms with E-state index in [4.69, 9.17) is 14.2 Å². The van der Waals surface area contributed by atoms with Crippen LogP contribution in [0.3, 0.4) is 0 Å². The predicted octanol–water partition coefficient (Wildman–Crippen LogP) is 5.96. The van der Waals surface area contributed by atoms with Crippen molar-refractivity contribution < 1.29 is 51.7 Å². The van der Waals surface area contributed by atoms with Crippen LogP contribution in [0.25, 0.3) is 0 Å². The molecule has 322 valence electrons. The first-order chi connectivity index (χ1) is 27.5. The molecule has 1 saturated heterocycles. The minimum Gasteiger partial charge on any atom is -0.481 e. The van der Waals surface area contributed by atoms with Crippen molar-refractivity contribution in [1.82, 2.24) is 25.4 Å². The lowest BCUT2D eigenvalue weighted by Gasteiger charge is -2.40. The number of carboxylic acid groups (broad SMARTS) is 1. The van der Waals surface area contributed by atoms with Crippen LogP contribution in [-0.4, -0.2) is 115 Å². The number of nitrogens with one attached hydrogen (secondary N) is 2. The van der Waals surface area contributed by atoms with Crippen molar-refractivity contribution in [3.8, 4) is 0 Å². The SMILES string of the molecule is CCC(C)C(NC(=O)C1CCCCN1C)C(=O)N(CCOC)[C@H](C[C@@H](OCOC)c1nc(C(=O)NC23C[C@@H](C(=O)O)c4cc(C(F)(F)F)ccc4[C@@H]2C3)cs1)C(C)C. The number of aliphatic carboxylic acids is 1. The van der Waals surface area contributed by atoms with E-state index in [0.717, 1.165) is 37.9 Å². The van der Waals surface area contributed by atoms with E-state index in [1.54, 1.807) is 17.4 Å². The molecule has 5 rings (SSSR count). The average Bonchev–Trinajstić information content (AvgIpc) is 3.68. The van der Waals surface area contributed by atoms with Crippen molar-refractivity contribution in [2.75, 3.05) is 47.8 Å². The second kappa shape index (κ2) is 19.2. The van der Waals surface area contributed by atoms with Crippen LogP contribution in [0.1, 0.15) is 123 Å². The van der Waals surface area contributed by atoms with Gasteiger partial charge in [-0.05, 0) is 74.4 Å². The molecule has 1 aliphatic heterocycles. The van der Waals surface area contributed by atoms with E-state index in [0.29, 0.717) is 23.4 Å². The number of halogens is 3. The Balaban J connectivity index is 1.36. The summed E-state index contributed by atoms with van der Waals surface area (Å²) < 4.78 is 57.4. The van der Waals surface area contributed by atoms with Gasteiger partial charge in [-0.15, -0.1) is 11.3 Å². The van der Waals surface area contributed by atoms with Gasteiger partial charge < -0.3 is 34.9 Å². The van der Waals surface area contributed by atoms with Gasteiger partial charge in [0.2, 0.25) is 11.8 Å². The second-order valence-corrected chi connectivity index (χ2v) is 17.3. The maximum atomic E-state index is 14.7. The number of likely N-dealkylation sites (tertiary alicyclic amines) is 1. The van der Waals surface area contributed by atoms with E-state index in [9.17, 15) is 37.5 Å². The number of ether oxygens (including phenoxy) is 3. The normalized spacial score (nSPS) is 23.9. The Hall–Kier alpha value is -3.64. The molecule has 0 bridgehead atoms. The van der Waals surface area contributed by atoms with Gasteiger partial charge in [-0.3, -0.25) is 24.1 Å². The highest BCUT2D eigenvalue weighted by Crippen LogP contribution is 2.61. The van der Waals surface area contributed by atoms with Crippen LogP contribution in [0, 0.1) is 11.8 Å². The predicted molar refractivity (Wildman–Crippen MR) is 210 cm³/mol. The number of amides is 3. The molecule has 8 atom stereocenters. The summed E-state index contributed by atoms with van der Waals surface area (Å²) in [5.41, 5.74) is -1.16. The maximum absolute atomic E-state index is 14.7. The Morgan fingerprint density at radius 1 is 1.10 bits per heavy atom. The standard InChI is InChI=1S/C41H58F3N5O8S/c1-8-24(4)34(46-36(51)31-11-9-10-14-48(31)5)38(52)49(15-16-55-6)32(23(2)3)18-33(57-22-56-7)37-45-30(21-58-37)35(50)47-40-19-28(39(53)54)27-17-25(41(42,43)44)12-13-26(27)29(40)20-40/h12-13,17,21,23-24,28-29,31-34H,8-11,14-16,18-20,22H2,1-7H3,(H,46,51)(H,47,50)(H,53,54)/t24?,28-,29+,31?,32-,33-,34?,40?/m1/s1. The third kappa shape index (κ3) is 10.2. The quantitative estimate of drug-likeness (QED) is 0.144. The Kier molecular flexibility index (Phi) is 15.0. The van der Waals surface area contributed by atoms with Crippen molar-refractivity contribution in [2.45, 2.75) is 120 Å². The van der Waals surface area contributed by atoms with Crippen LogP contribution < -0.4 is 10.6 Å². The molecular weight excluding hydrogens is 780 g/mol. The number of carbonyl (C=O) groups excluding carboxylic acids is 3. The fraction of sp³-hybridized carbons (Fsp3) is 0.683.